The Morgan fingerprint density at radius 1 is 0.852 bits per heavy atom. The third-order valence-corrected chi connectivity index (χ3v) is 5.05. The molecule has 0 fully saturated rings. The topological polar surface area (TPSA) is 63.3 Å². The lowest BCUT2D eigenvalue weighted by Gasteiger charge is -2.24. The van der Waals surface area contributed by atoms with Crippen molar-refractivity contribution in [2.45, 2.75) is 33.6 Å². The highest BCUT2D eigenvalue weighted by atomic mass is 16.3. The van der Waals surface area contributed by atoms with Crippen molar-refractivity contribution in [3.05, 3.63) is 93.0 Å². The number of anilines is 1. The molecule has 0 spiro atoms. The van der Waals surface area contributed by atoms with Gasteiger partial charge in [-0.25, -0.2) is 0 Å². The summed E-state index contributed by atoms with van der Waals surface area (Å²) in [7, 11) is 0. The van der Waals surface area contributed by atoms with Crippen molar-refractivity contribution in [3.8, 4) is 5.75 Å². The van der Waals surface area contributed by atoms with Gasteiger partial charge in [-0.3, -0.25) is 4.79 Å². The standard InChI is InChI=1S/C24H25NO2/c1-14-9-16(3)22(13-26)20(11-14)23(18-5-7-19(25)8-6-18)21-12-15(2)10-17(4)24(21)27/h5-13,23,27H,25H2,1-4H3. The lowest BCUT2D eigenvalue weighted by atomic mass is 9.80. The number of hydrogen-bond acceptors (Lipinski definition) is 3. The first-order chi connectivity index (χ1) is 12.8. The van der Waals surface area contributed by atoms with Gasteiger partial charge < -0.3 is 10.8 Å². The Labute approximate surface area is 160 Å². The van der Waals surface area contributed by atoms with E-state index < -0.39 is 0 Å². The number of phenolic OH excluding ortho intramolecular Hbond substituents is 1. The minimum absolute atomic E-state index is 0.261. The van der Waals surface area contributed by atoms with Gasteiger partial charge in [0.25, 0.3) is 0 Å². The van der Waals surface area contributed by atoms with Gasteiger partial charge in [0.2, 0.25) is 0 Å². The largest absolute Gasteiger partial charge is 0.507 e. The van der Waals surface area contributed by atoms with E-state index in [0.29, 0.717) is 11.3 Å². The van der Waals surface area contributed by atoms with Crippen LogP contribution in [0.15, 0.2) is 48.5 Å². The van der Waals surface area contributed by atoms with Crippen LogP contribution in [0.1, 0.15) is 55.2 Å². The summed E-state index contributed by atoms with van der Waals surface area (Å²) in [6.07, 6.45) is 0.911. The molecule has 1 unspecified atom stereocenters. The number of carbonyl (C=O) groups is 1. The molecule has 3 nitrogen and oxygen atoms in total. The zero-order valence-corrected chi connectivity index (χ0v) is 16.2. The van der Waals surface area contributed by atoms with Crippen LogP contribution in [0.3, 0.4) is 0 Å². The van der Waals surface area contributed by atoms with Gasteiger partial charge in [0.15, 0.2) is 6.29 Å². The molecule has 0 aliphatic rings. The Morgan fingerprint density at radius 3 is 2.00 bits per heavy atom. The van der Waals surface area contributed by atoms with Crippen LogP contribution in [-0.2, 0) is 0 Å². The number of nitrogens with two attached hydrogens (primary N) is 1. The van der Waals surface area contributed by atoms with E-state index >= 15 is 0 Å². The zero-order valence-electron chi connectivity index (χ0n) is 16.2. The van der Waals surface area contributed by atoms with E-state index in [-0.39, 0.29) is 11.7 Å². The summed E-state index contributed by atoms with van der Waals surface area (Å²) in [6.45, 7) is 7.88. The SMILES string of the molecule is Cc1cc(C)c(O)c(C(c2ccc(N)cc2)c2cc(C)cc(C)c2C=O)c1. The molecule has 0 saturated heterocycles. The number of aryl methyl sites for hydroxylation is 4. The van der Waals surface area contributed by atoms with Gasteiger partial charge in [0.05, 0.1) is 0 Å². The third kappa shape index (κ3) is 3.59. The highest BCUT2D eigenvalue weighted by molar-refractivity contribution is 5.81. The van der Waals surface area contributed by atoms with Crippen molar-refractivity contribution in [2.75, 3.05) is 5.73 Å². The number of hydrogen-bond donors (Lipinski definition) is 2. The predicted molar refractivity (Wildman–Crippen MR) is 111 cm³/mol. The number of rotatable bonds is 4. The van der Waals surface area contributed by atoms with Crippen LogP contribution in [0.5, 0.6) is 5.75 Å². The number of carbonyl (C=O) groups excluding carboxylic acids is 1. The molecule has 138 valence electrons. The summed E-state index contributed by atoms with van der Waals surface area (Å²) in [4.78, 5) is 11.9. The number of aromatic hydroxyl groups is 1. The maximum Gasteiger partial charge on any atom is 0.150 e. The summed E-state index contributed by atoms with van der Waals surface area (Å²) in [6, 6.07) is 15.6. The van der Waals surface area contributed by atoms with Crippen molar-refractivity contribution in [2.24, 2.45) is 0 Å². The van der Waals surface area contributed by atoms with E-state index in [1.54, 1.807) is 0 Å². The number of nitrogen functional groups attached to an aromatic ring is 1. The molecule has 3 heteroatoms. The van der Waals surface area contributed by atoms with Crippen molar-refractivity contribution < 1.29 is 9.90 Å². The zero-order chi connectivity index (χ0) is 19.7. The summed E-state index contributed by atoms with van der Waals surface area (Å²) < 4.78 is 0. The summed E-state index contributed by atoms with van der Waals surface area (Å²) >= 11 is 0. The van der Waals surface area contributed by atoms with Crippen LogP contribution in [0.25, 0.3) is 0 Å². The summed E-state index contributed by atoms with van der Waals surface area (Å²) in [5, 5.41) is 10.9. The molecule has 27 heavy (non-hydrogen) atoms. The Kier molecular flexibility index (Phi) is 5.04. The Bertz CT molecular complexity index is 1000. The second-order valence-electron chi connectivity index (χ2n) is 7.32. The van der Waals surface area contributed by atoms with Crippen molar-refractivity contribution in [1.82, 2.24) is 0 Å². The Morgan fingerprint density at radius 2 is 1.41 bits per heavy atom. The van der Waals surface area contributed by atoms with E-state index in [4.69, 9.17) is 5.73 Å². The van der Waals surface area contributed by atoms with Gasteiger partial charge in [0.1, 0.15) is 5.75 Å². The fourth-order valence-electron chi connectivity index (χ4n) is 3.84. The van der Waals surface area contributed by atoms with Crippen LogP contribution in [-0.4, -0.2) is 11.4 Å². The first-order valence-corrected chi connectivity index (χ1v) is 9.03. The molecule has 3 aromatic carbocycles. The summed E-state index contributed by atoms with van der Waals surface area (Å²) in [5.41, 5.74) is 13.8. The lowest BCUT2D eigenvalue weighted by molar-refractivity contribution is 0.112. The van der Waals surface area contributed by atoms with E-state index in [2.05, 4.69) is 0 Å². The van der Waals surface area contributed by atoms with E-state index in [9.17, 15) is 9.90 Å². The highest BCUT2D eigenvalue weighted by Crippen LogP contribution is 2.41. The highest BCUT2D eigenvalue weighted by Gasteiger charge is 2.25. The predicted octanol–water partition coefficient (Wildman–Crippen LogP) is 5.20. The van der Waals surface area contributed by atoms with Gasteiger partial charge in [-0.05, 0) is 62.1 Å². The minimum atomic E-state index is -0.261. The van der Waals surface area contributed by atoms with Gasteiger partial charge in [-0.15, -0.1) is 0 Å². The molecule has 3 N–H and O–H groups in total. The van der Waals surface area contributed by atoms with Crippen molar-refractivity contribution in [1.29, 1.82) is 0 Å². The summed E-state index contributed by atoms with van der Waals surface area (Å²) in [5.74, 6) is 0.00133. The maximum absolute atomic E-state index is 11.9. The molecule has 0 aromatic heterocycles. The Hall–Kier alpha value is -3.07. The van der Waals surface area contributed by atoms with E-state index in [0.717, 1.165) is 45.2 Å². The number of benzene rings is 3. The lowest BCUT2D eigenvalue weighted by Crippen LogP contribution is -2.10. The van der Waals surface area contributed by atoms with E-state index in [1.807, 2.05) is 76.2 Å². The van der Waals surface area contributed by atoms with Gasteiger partial charge in [0, 0.05) is 22.7 Å². The van der Waals surface area contributed by atoms with Crippen molar-refractivity contribution in [3.63, 3.8) is 0 Å². The molecule has 0 saturated carbocycles. The second-order valence-corrected chi connectivity index (χ2v) is 7.32. The fraction of sp³-hybridized carbons (Fsp3) is 0.208. The third-order valence-electron chi connectivity index (χ3n) is 5.05. The fourth-order valence-corrected chi connectivity index (χ4v) is 3.84. The monoisotopic (exact) mass is 359 g/mol. The molecule has 0 amide bonds. The first-order valence-electron chi connectivity index (χ1n) is 9.03. The van der Waals surface area contributed by atoms with Crippen LogP contribution in [0, 0.1) is 27.7 Å². The number of aldehydes is 1. The number of phenols is 1. The second kappa shape index (κ2) is 7.28. The molecule has 3 aromatic rings. The quantitative estimate of drug-likeness (QED) is 0.382. The average Bonchev–Trinajstić information content (AvgIpc) is 2.60. The molecule has 1 atom stereocenters. The molecule has 0 heterocycles. The van der Waals surface area contributed by atoms with Gasteiger partial charge in [-0.2, -0.15) is 0 Å². The van der Waals surface area contributed by atoms with Crippen molar-refractivity contribution >= 4 is 12.0 Å². The average molecular weight is 359 g/mol. The van der Waals surface area contributed by atoms with Gasteiger partial charge in [-0.1, -0.05) is 47.5 Å². The molecular formula is C24H25NO2. The smallest absolute Gasteiger partial charge is 0.150 e. The molecule has 0 radical (unpaired) electrons. The minimum Gasteiger partial charge on any atom is -0.507 e. The maximum atomic E-state index is 11.9. The first kappa shape index (κ1) is 18.7. The molecule has 3 rings (SSSR count). The van der Waals surface area contributed by atoms with Crippen LogP contribution in [0.4, 0.5) is 5.69 Å². The van der Waals surface area contributed by atoms with Crippen LogP contribution >= 0.6 is 0 Å². The van der Waals surface area contributed by atoms with Crippen LogP contribution < -0.4 is 5.73 Å². The molecular weight excluding hydrogens is 334 g/mol. The van der Waals surface area contributed by atoms with Gasteiger partial charge >= 0.3 is 0 Å². The normalized spacial score (nSPS) is 12.0. The molecule has 0 bridgehead atoms. The molecule has 0 aliphatic heterocycles. The Balaban J connectivity index is 2.37. The van der Waals surface area contributed by atoms with Crippen LogP contribution in [0.2, 0.25) is 0 Å². The van der Waals surface area contributed by atoms with E-state index in [1.165, 1.54) is 0 Å². The molecule has 0 aliphatic carbocycles.